The average molecular weight is 422 g/mol. The van der Waals surface area contributed by atoms with Crippen LogP contribution in [0.4, 0.5) is 16.2 Å². The lowest BCUT2D eigenvalue weighted by molar-refractivity contribution is 0.103. The minimum atomic E-state index is -0.402. The number of amides is 2. The number of fused-ring (bicyclic) bond motifs is 1. The number of thiazole rings is 1. The SMILES string of the molecule is O=C(Nc1ccccc1N1CCOC1=O)c1ccc(-c2nc3ccccc3s2)s1. The van der Waals surface area contributed by atoms with Crippen LogP contribution in [0.1, 0.15) is 9.67 Å². The predicted molar refractivity (Wildman–Crippen MR) is 116 cm³/mol. The van der Waals surface area contributed by atoms with Crippen molar-refractivity contribution < 1.29 is 14.3 Å². The van der Waals surface area contributed by atoms with Crippen LogP contribution in [0.3, 0.4) is 0 Å². The van der Waals surface area contributed by atoms with Gasteiger partial charge in [-0.05, 0) is 36.4 Å². The number of thiophene rings is 1. The molecule has 3 heterocycles. The van der Waals surface area contributed by atoms with Gasteiger partial charge in [-0.2, -0.15) is 0 Å². The van der Waals surface area contributed by atoms with Gasteiger partial charge in [-0.25, -0.2) is 9.78 Å². The van der Waals surface area contributed by atoms with Crippen molar-refractivity contribution in [1.29, 1.82) is 0 Å². The molecular formula is C21H15N3O3S2. The van der Waals surface area contributed by atoms with E-state index in [0.29, 0.717) is 29.4 Å². The summed E-state index contributed by atoms with van der Waals surface area (Å²) < 4.78 is 6.13. The highest BCUT2D eigenvalue weighted by molar-refractivity contribution is 7.26. The largest absolute Gasteiger partial charge is 0.447 e. The normalized spacial score (nSPS) is 13.7. The number of anilines is 2. The molecule has 2 aromatic carbocycles. The Hall–Kier alpha value is -3.23. The zero-order valence-corrected chi connectivity index (χ0v) is 16.8. The van der Waals surface area contributed by atoms with Crippen LogP contribution in [-0.4, -0.2) is 30.1 Å². The summed E-state index contributed by atoms with van der Waals surface area (Å²) in [5.74, 6) is -0.220. The fourth-order valence-electron chi connectivity index (χ4n) is 3.16. The molecule has 1 fully saturated rings. The number of hydrogen-bond donors (Lipinski definition) is 1. The fraction of sp³-hybridized carbons (Fsp3) is 0.0952. The van der Waals surface area contributed by atoms with Crippen molar-refractivity contribution >= 4 is 56.3 Å². The highest BCUT2D eigenvalue weighted by Crippen LogP contribution is 2.35. The zero-order chi connectivity index (χ0) is 19.8. The Kier molecular flexibility index (Phi) is 4.49. The van der Waals surface area contributed by atoms with Crippen molar-refractivity contribution in [2.24, 2.45) is 0 Å². The van der Waals surface area contributed by atoms with E-state index in [9.17, 15) is 9.59 Å². The van der Waals surface area contributed by atoms with Gasteiger partial charge in [-0.15, -0.1) is 22.7 Å². The van der Waals surface area contributed by atoms with Crippen LogP contribution >= 0.6 is 22.7 Å². The third-order valence-electron chi connectivity index (χ3n) is 4.54. The van der Waals surface area contributed by atoms with Gasteiger partial charge < -0.3 is 10.1 Å². The first kappa shape index (κ1) is 17.8. The van der Waals surface area contributed by atoms with Crippen LogP contribution in [-0.2, 0) is 4.74 Å². The van der Waals surface area contributed by atoms with E-state index in [1.165, 1.54) is 16.2 Å². The Balaban J connectivity index is 1.39. The summed E-state index contributed by atoms with van der Waals surface area (Å²) in [5.41, 5.74) is 2.16. The first-order chi connectivity index (χ1) is 14.2. The van der Waals surface area contributed by atoms with Gasteiger partial charge in [0.2, 0.25) is 0 Å². The molecular weight excluding hydrogens is 406 g/mol. The van der Waals surface area contributed by atoms with Crippen LogP contribution in [0.5, 0.6) is 0 Å². The maximum absolute atomic E-state index is 12.8. The molecule has 29 heavy (non-hydrogen) atoms. The van der Waals surface area contributed by atoms with Gasteiger partial charge in [0.05, 0.1) is 37.9 Å². The smallest absolute Gasteiger partial charge is 0.414 e. The molecule has 1 aliphatic heterocycles. The second-order valence-electron chi connectivity index (χ2n) is 6.39. The second-order valence-corrected chi connectivity index (χ2v) is 8.50. The summed E-state index contributed by atoms with van der Waals surface area (Å²) in [6.45, 7) is 0.810. The minimum Gasteiger partial charge on any atom is -0.447 e. The molecule has 1 saturated heterocycles. The molecule has 0 bridgehead atoms. The highest BCUT2D eigenvalue weighted by atomic mass is 32.1. The molecule has 0 spiro atoms. The van der Waals surface area contributed by atoms with Gasteiger partial charge >= 0.3 is 6.09 Å². The maximum atomic E-state index is 12.8. The number of hydrogen-bond acceptors (Lipinski definition) is 6. The number of cyclic esters (lactones) is 1. The van der Waals surface area contributed by atoms with E-state index in [1.54, 1.807) is 29.5 Å². The quantitative estimate of drug-likeness (QED) is 0.490. The number of aromatic nitrogens is 1. The molecule has 4 aromatic rings. The predicted octanol–water partition coefficient (Wildman–Crippen LogP) is 5.23. The second kappa shape index (κ2) is 7.31. The molecule has 2 amide bonds. The minimum absolute atomic E-state index is 0.220. The topological polar surface area (TPSA) is 71.5 Å². The van der Waals surface area contributed by atoms with Crippen LogP contribution in [0.15, 0.2) is 60.7 Å². The molecule has 8 heteroatoms. The van der Waals surface area contributed by atoms with E-state index in [4.69, 9.17) is 4.74 Å². The number of nitrogens with zero attached hydrogens (tertiary/aromatic N) is 2. The molecule has 0 atom stereocenters. The molecule has 6 nitrogen and oxygen atoms in total. The average Bonchev–Trinajstić information content (AvgIpc) is 3.47. The van der Waals surface area contributed by atoms with Crippen LogP contribution in [0, 0.1) is 0 Å². The summed E-state index contributed by atoms with van der Waals surface area (Å²) >= 11 is 3.01. The molecule has 0 aliphatic carbocycles. The molecule has 5 rings (SSSR count). The van der Waals surface area contributed by atoms with Gasteiger partial charge in [0.1, 0.15) is 11.6 Å². The van der Waals surface area contributed by atoms with Gasteiger partial charge in [-0.1, -0.05) is 24.3 Å². The number of rotatable bonds is 4. The fourth-order valence-corrected chi connectivity index (χ4v) is 5.08. The van der Waals surface area contributed by atoms with Gasteiger partial charge in [0, 0.05) is 0 Å². The molecule has 2 aromatic heterocycles. The summed E-state index contributed by atoms with van der Waals surface area (Å²) in [4.78, 5) is 32.4. The zero-order valence-electron chi connectivity index (χ0n) is 15.1. The van der Waals surface area contributed by atoms with Crippen molar-refractivity contribution in [3.8, 4) is 9.88 Å². The molecule has 0 radical (unpaired) electrons. The Morgan fingerprint density at radius 2 is 1.86 bits per heavy atom. The summed E-state index contributed by atoms with van der Waals surface area (Å²) in [6.07, 6.45) is -0.402. The van der Waals surface area contributed by atoms with Crippen LogP contribution < -0.4 is 10.2 Å². The van der Waals surface area contributed by atoms with Gasteiger partial charge in [0.15, 0.2) is 0 Å². The van der Waals surface area contributed by atoms with Crippen molar-refractivity contribution in [3.05, 3.63) is 65.5 Å². The monoisotopic (exact) mass is 421 g/mol. The highest BCUT2D eigenvalue weighted by Gasteiger charge is 2.26. The van der Waals surface area contributed by atoms with Crippen molar-refractivity contribution in [2.45, 2.75) is 0 Å². The number of nitrogens with one attached hydrogen (secondary N) is 1. The molecule has 0 unspecified atom stereocenters. The van der Waals surface area contributed by atoms with E-state index >= 15 is 0 Å². The van der Waals surface area contributed by atoms with Crippen LogP contribution in [0.25, 0.3) is 20.1 Å². The first-order valence-corrected chi connectivity index (χ1v) is 10.6. The Bertz CT molecular complexity index is 1200. The van der Waals surface area contributed by atoms with E-state index in [0.717, 1.165) is 20.1 Å². The van der Waals surface area contributed by atoms with E-state index < -0.39 is 6.09 Å². The lowest BCUT2D eigenvalue weighted by atomic mass is 10.2. The van der Waals surface area contributed by atoms with Crippen LogP contribution in [0.2, 0.25) is 0 Å². The molecule has 144 valence electrons. The number of carbonyl (C=O) groups excluding carboxylic acids is 2. The van der Waals surface area contributed by atoms with E-state index in [2.05, 4.69) is 10.3 Å². The van der Waals surface area contributed by atoms with E-state index in [-0.39, 0.29) is 5.91 Å². The van der Waals surface area contributed by atoms with Crippen molar-refractivity contribution in [2.75, 3.05) is 23.4 Å². The third-order valence-corrected chi connectivity index (χ3v) is 6.83. The maximum Gasteiger partial charge on any atom is 0.414 e. The van der Waals surface area contributed by atoms with E-state index in [1.807, 2.05) is 42.5 Å². The lowest BCUT2D eigenvalue weighted by Crippen LogP contribution is -2.25. The number of carbonyl (C=O) groups is 2. The number of ether oxygens (including phenoxy) is 1. The first-order valence-electron chi connectivity index (χ1n) is 8.99. The standard InChI is InChI=1S/C21H15N3O3S2/c25-19(22-13-5-1-3-7-15(13)24-11-12-27-21(24)26)17-9-10-18(28-17)20-23-14-6-2-4-8-16(14)29-20/h1-10H,11-12H2,(H,22,25). The molecule has 1 N–H and O–H groups in total. The van der Waals surface area contributed by atoms with Gasteiger partial charge in [0.25, 0.3) is 5.91 Å². The Morgan fingerprint density at radius 3 is 2.69 bits per heavy atom. The molecule has 1 aliphatic rings. The van der Waals surface area contributed by atoms with Crippen molar-refractivity contribution in [3.63, 3.8) is 0 Å². The Morgan fingerprint density at radius 1 is 1.03 bits per heavy atom. The Labute approximate surface area is 174 Å². The summed E-state index contributed by atoms with van der Waals surface area (Å²) in [6, 6.07) is 18.9. The van der Waals surface area contributed by atoms with Gasteiger partial charge in [-0.3, -0.25) is 9.69 Å². The summed E-state index contributed by atoms with van der Waals surface area (Å²) in [7, 11) is 0. The van der Waals surface area contributed by atoms with Crippen molar-refractivity contribution in [1.82, 2.24) is 4.98 Å². The number of para-hydroxylation sites is 3. The molecule has 0 saturated carbocycles. The summed E-state index contributed by atoms with van der Waals surface area (Å²) in [5, 5.41) is 3.82. The number of benzene rings is 2. The lowest BCUT2D eigenvalue weighted by Gasteiger charge is -2.17. The third kappa shape index (κ3) is 3.37.